The molecule has 1 unspecified atom stereocenters. The topological polar surface area (TPSA) is 43.4 Å². The Morgan fingerprint density at radius 1 is 1.24 bits per heavy atom. The van der Waals surface area contributed by atoms with Gasteiger partial charge in [0.15, 0.2) is 0 Å². The number of rotatable bonds is 6. The Kier molecular flexibility index (Phi) is 5.42. The van der Waals surface area contributed by atoms with Crippen LogP contribution in [0.3, 0.4) is 0 Å². The molecule has 4 nitrogen and oxygen atoms in total. The van der Waals surface area contributed by atoms with Crippen LogP contribution >= 0.6 is 11.6 Å². The van der Waals surface area contributed by atoms with E-state index in [4.69, 9.17) is 21.1 Å². The number of nitrogens with one attached hydrogen (secondary N) is 1. The summed E-state index contributed by atoms with van der Waals surface area (Å²) in [6.07, 6.45) is 2.44. The largest absolute Gasteiger partial charge is 0.496 e. The lowest BCUT2D eigenvalue weighted by atomic mass is 9.99. The molecule has 1 aromatic heterocycles. The zero-order valence-corrected chi connectivity index (χ0v) is 13.1. The van der Waals surface area contributed by atoms with Crippen LogP contribution in [0.2, 0.25) is 5.02 Å². The molecule has 2 rings (SSSR count). The van der Waals surface area contributed by atoms with Crippen molar-refractivity contribution in [3.63, 3.8) is 0 Å². The second kappa shape index (κ2) is 7.29. The second-order valence-electron chi connectivity index (χ2n) is 4.60. The van der Waals surface area contributed by atoms with E-state index < -0.39 is 0 Å². The number of benzene rings is 1. The van der Waals surface area contributed by atoms with Gasteiger partial charge in [0.05, 0.1) is 14.2 Å². The highest BCUT2D eigenvalue weighted by Gasteiger charge is 2.17. The van der Waals surface area contributed by atoms with Gasteiger partial charge in [-0.3, -0.25) is 0 Å². The van der Waals surface area contributed by atoms with Crippen LogP contribution in [0.15, 0.2) is 36.5 Å². The summed E-state index contributed by atoms with van der Waals surface area (Å²) in [6, 6.07) is 9.59. The van der Waals surface area contributed by atoms with Gasteiger partial charge in [0.2, 0.25) is 5.88 Å². The average Bonchev–Trinajstić information content (AvgIpc) is 2.52. The monoisotopic (exact) mass is 306 g/mol. The molecular formula is C16H19ClN2O2. The van der Waals surface area contributed by atoms with Crippen LogP contribution in [-0.2, 0) is 6.42 Å². The van der Waals surface area contributed by atoms with Gasteiger partial charge in [-0.15, -0.1) is 0 Å². The Morgan fingerprint density at radius 3 is 2.71 bits per heavy atom. The summed E-state index contributed by atoms with van der Waals surface area (Å²) < 4.78 is 10.7. The number of methoxy groups -OCH3 is 2. The summed E-state index contributed by atoms with van der Waals surface area (Å²) in [5, 5.41) is 3.99. The van der Waals surface area contributed by atoms with Gasteiger partial charge in [0, 0.05) is 22.8 Å². The number of hydrogen-bond acceptors (Lipinski definition) is 4. The summed E-state index contributed by atoms with van der Waals surface area (Å²) in [5.74, 6) is 1.44. The molecule has 0 fully saturated rings. The van der Waals surface area contributed by atoms with E-state index in [0.29, 0.717) is 10.9 Å². The lowest BCUT2D eigenvalue weighted by Crippen LogP contribution is -2.20. The SMILES string of the molecule is CNC(Cc1cc(Cl)ccc1OC)c1cccnc1OC. The highest BCUT2D eigenvalue weighted by molar-refractivity contribution is 6.30. The minimum atomic E-state index is 0.0565. The summed E-state index contributed by atoms with van der Waals surface area (Å²) in [7, 11) is 5.19. The molecule has 0 bridgehead atoms. The van der Waals surface area contributed by atoms with Crippen molar-refractivity contribution in [3.05, 3.63) is 52.7 Å². The lowest BCUT2D eigenvalue weighted by Gasteiger charge is -2.20. The van der Waals surface area contributed by atoms with Crippen LogP contribution in [0.5, 0.6) is 11.6 Å². The highest BCUT2D eigenvalue weighted by Crippen LogP contribution is 2.30. The Morgan fingerprint density at radius 2 is 2.05 bits per heavy atom. The molecule has 0 spiro atoms. The summed E-state index contributed by atoms with van der Waals surface area (Å²) in [4.78, 5) is 4.25. The van der Waals surface area contributed by atoms with Gasteiger partial charge in [-0.1, -0.05) is 17.7 Å². The molecular weight excluding hydrogens is 288 g/mol. The lowest BCUT2D eigenvalue weighted by molar-refractivity contribution is 0.382. The van der Waals surface area contributed by atoms with E-state index in [-0.39, 0.29) is 6.04 Å². The first-order valence-corrected chi connectivity index (χ1v) is 7.06. The van der Waals surface area contributed by atoms with Gasteiger partial charge in [-0.05, 0) is 43.3 Å². The molecule has 2 aromatic rings. The molecule has 5 heteroatoms. The molecule has 0 aliphatic carbocycles. The maximum absolute atomic E-state index is 6.09. The standard InChI is InChI=1S/C16H19ClN2O2/c1-18-14(13-5-4-8-19-16(13)21-3)10-11-9-12(17)6-7-15(11)20-2/h4-9,14,18H,10H2,1-3H3. The number of nitrogens with zero attached hydrogens (tertiary/aromatic N) is 1. The smallest absolute Gasteiger partial charge is 0.217 e. The number of pyridine rings is 1. The third kappa shape index (κ3) is 3.65. The van der Waals surface area contributed by atoms with E-state index in [1.165, 1.54) is 0 Å². The van der Waals surface area contributed by atoms with Crippen molar-refractivity contribution in [1.82, 2.24) is 10.3 Å². The van der Waals surface area contributed by atoms with Gasteiger partial charge in [-0.25, -0.2) is 4.98 Å². The average molecular weight is 307 g/mol. The first-order valence-electron chi connectivity index (χ1n) is 6.68. The zero-order valence-electron chi connectivity index (χ0n) is 12.4. The van der Waals surface area contributed by atoms with Gasteiger partial charge in [0.25, 0.3) is 0 Å². The third-order valence-electron chi connectivity index (χ3n) is 3.38. The number of aromatic nitrogens is 1. The first-order chi connectivity index (χ1) is 10.2. The van der Waals surface area contributed by atoms with Crippen molar-refractivity contribution >= 4 is 11.6 Å². The van der Waals surface area contributed by atoms with Crippen molar-refractivity contribution < 1.29 is 9.47 Å². The van der Waals surface area contributed by atoms with E-state index in [0.717, 1.165) is 23.3 Å². The Hall–Kier alpha value is -1.78. The minimum Gasteiger partial charge on any atom is -0.496 e. The Labute approximate surface area is 130 Å². The van der Waals surface area contributed by atoms with Crippen LogP contribution in [0.4, 0.5) is 0 Å². The number of hydrogen-bond donors (Lipinski definition) is 1. The molecule has 0 saturated heterocycles. The van der Waals surface area contributed by atoms with Crippen LogP contribution in [0.1, 0.15) is 17.2 Å². The van der Waals surface area contributed by atoms with Gasteiger partial charge in [0.1, 0.15) is 5.75 Å². The molecule has 1 heterocycles. The van der Waals surface area contributed by atoms with Gasteiger partial charge >= 0.3 is 0 Å². The fourth-order valence-electron chi connectivity index (χ4n) is 2.33. The van der Waals surface area contributed by atoms with Crippen LogP contribution in [0, 0.1) is 0 Å². The molecule has 0 saturated carbocycles. The van der Waals surface area contributed by atoms with Gasteiger partial charge < -0.3 is 14.8 Å². The minimum absolute atomic E-state index is 0.0565. The summed E-state index contributed by atoms with van der Waals surface area (Å²) in [6.45, 7) is 0. The molecule has 1 aromatic carbocycles. The molecule has 112 valence electrons. The van der Waals surface area contributed by atoms with Crippen molar-refractivity contribution in [3.8, 4) is 11.6 Å². The molecule has 0 radical (unpaired) electrons. The first kappa shape index (κ1) is 15.6. The summed E-state index contributed by atoms with van der Waals surface area (Å²) in [5.41, 5.74) is 2.04. The predicted molar refractivity (Wildman–Crippen MR) is 84.3 cm³/mol. The van der Waals surface area contributed by atoms with E-state index >= 15 is 0 Å². The summed E-state index contributed by atoms with van der Waals surface area (Å²) >= 11 is 6.09. The Bertz CT molecular complexity index is 605. The fraction of sp³-hybridized carbons (Fsp3) is 0.312. The fourth-order valence-corrected chi connectivity index (χ4v) is 2.53. The van der Waals surface area contributed by atoms with Gasteiger partial charge in [-0.2, -0.15) is 0 Å². The highest BCUT2D eigenvalue weighted by atomic mass is 35.5. The van der Waals surface area contributed by atoms with Crippen molar-refractivity contribution in [2.75, 3.05) is 21.3 Å². The molecule has 0 aliphatic rings. The normalized spacial score (nSPS) is 12.0. The molecule has 0 aliphatic heterocycles. The molecule has 21 heavy (non-hydrogen) atoms. The quantitative estimate of drug-likeness (QED) is 0.889. The number of halogens is 1. The van der Waals surface area contributed by atoms with Crippen LogP contribution in [0.25, 0.3) is 0 Å². The third-order valence-corrected chi connectivity index (χ3v) is 3.62. The molecule has 0 amide bonds. The Balaban J connectivity index is 2.33. The van der Waals surface area contributed by atoms with E-state index in [1.54, 1.807) is 20.4 Å². The maximum atomic E-state index is 6.09. The van der Waals surface area contributed by atoms with Crippen molar-refractivity contribution in [2.45, 2.75) is 12.5 Å². The predicted octanol–water partition coefficient (Wildman–Crippen LogP) is 3.26. The maximum Gasteiger partial charge on any atom is 0.217 e. The van der Waals surface area contributed by atoms with E-state index in [9.17, 15) is 0 Å². The second-order valence-corrected chi connectivity index (χ2v) is 5.04. The molecule has 1 atom stereocenters. The van der Waals surface area contributed by atoms with Crippen molar-refractivity contribution in [1.29, 1.82) is 0 Å². The number of likely N-dealkylation sites (N-methyl/N-ethyl adjacent to an activating group) is 1. The van der Waals surface area contributed by atoms with Crippen LogP contribution in [-0.4, -0.2) is 26.3 Å². The number of ether oxygens (including phenoxy) is 2. The van der Waals surface area contributed by atoms with Crippen molar-refractivity contribution in [2.24, 2.45) is 0 Å². The van der Waals surface area contributed by atoms with E-state index in [1.807, 2.05) is 37.4 Å². The molecule has 1 N–H and O–H groups in total. The van der Waals surface area contributed by atoms with Crippen LogP contribution < -0.4 is 14.8 Å². The zero-order chi connectivity index (χ0) is 15.2. The van der Waals surface area contributed by atoms with E-state index in [2.05, 4.69) is 10.3 Å².